The average molecular weight is 565 g/mol. The van der Waals surface area contributed by atoms with Crippen molar-refractivity contribution in [1.82, 2.24) is 39.9 Å². The van der Waals surface area contributed by atoms with Crippen molar-refractivity contribution in [1.29, 1.82) is 10.5 Å². The Balaban J connectivity index is 1.53. The zero-order valence-corrected chi connectivity index (χ0v) is 22.7. The summed E-state index contributed by atoms with van der Waals surface area (Å²) in [6.45, 7) is 0. The fraction of sp³-hybridized carbons (Fsp3) is 0. The highest BCUT2D eigenvalue weighted by Crippen LogP contribution is 2.37. The highest BCUT2D eigenvalue weighted by Gasteiger charge is 2.22. The topological polar surface area (TPSA) is 156 Å². The first-order valence-electron chi connectivity index (χ1n) is 13.8. The zero-order chi connectivity index (χ0) is 29.4. The molecule has 4 aromatic carbocycles. The van der Waals surface area contributed by atoms with Gasteiger partial charge in [-0.3, -0.25) is 0 Å². The maximum atomic E-state index is 10.2. The quantitative estimate of drug-likeness (QED) is 0.208. The summed E-state index contributed by atoms with van der Waals surface area (Å²) in [6.07, 6.45) is 0. The van der Waals surface area contributed by atoms with Gasteiger partial charge in [0.1, 0.15) is 34.7 Å². The van der Waals surface area contributed by atoms with Gasteiger partial charge in [-0.15, -0.1) is 0 Å². The molecule has 44 heavy (non-hydrogen) atoms. The molecule has 2 aliphatic rings. The summed E-state index contributed by atoms with van der Waals surface area (Å²) >= 11 is 0. The first-order chi connectivity index (χ1) is 21.7. The van der Waals surface area contributed by atoms with Gasteiger partial charge < -0.3 is 9.97 Å². The number of hydrogen-bond acceptors (Lipinski definition) is 8. The lowest BCUT2D eigenvalue weighted by atomic mass is 10.0. The van der Waals surface area contributed by atoms with E-state index in [1.807, 2.05) is 72.8 Å². The summed E-state index contributed by atoms with van der Waals surface area (Å²) in [7, 11) is 0. The summed E-state index contributed by atoms with van der Waals surface area (Å²) in [5.74, 6) is 1.88. The third kappa shape index (κ3) is 3.33. The molecule has 3 aromatic heterocycles. The monoisotopic (exact) mass is 564 g/mol. The predicted octanol–water partition coefficient (Wildman–Crippen LogP) is 6.61. The second-order valence-corrected chi connectivity index (χ2v) is 10.4. The Morgan fingerprint density at radius 2 is 0.864 bits per heavy atom. The molecule has 202 valence electrons. The molecule has 0 saturated carbocycles. The third-order valence-corrected chi connectivity index (χ3v) is 7.95. The molecular formula is C34H16N10. The number of nitrogens with one attached hydrogen (secondary N) is 2. The maximum absolute atomic E-state index is 10.2. The molecule has 2 N–H and O–H groups in total. The van der Waals surface area contributed by atoms with E-state index in [9.17, 15) is 10.5 Å². The molecule has 7 aromatic rings. The van der Waals surface area contributed by atoms with Crippen molar-refractivity contribution in [3.63, 3.8) is 0 Å². The Morgan fingerprint density at radius 3 is 1.34 bits per heavy atom. The normalized spacial score (nSPS) is 11.6. The molecule has 2 aliphatic heterocycles. The molecule has 8 bridgehead atoms. The van der Waals surface area contributed by atoms with E-state index in [1.165, 1.54) is 0 Å². The third-order valence-electron chi connectivity index (χ3n) is 7.95. The Kier molecular flexibility index (Phi) is 4.81. The largest absolute Gasteiger partial charge is 0.324 e. The molecule has 0 unspecified atom stereocenters. The minimum atomic E-state index is 0.209. The SMILES string of the molecule is N#Cc1ccc2c3nc4nc(nc5[nH]c(nc6nc(nc([nH]3)c2c1C#N)-c1ccccc1-6)c1ccccc51)-c1ccccc1-4. The van der Waals surface area contributed by atoms with Crippen molar-refractivity contribution >= 4 is 44.1 Å². The molecule has 0 atom stereocenters. The maximum Gasteiger partial charge on any atom is 0.164 e. The van der Waals surface area contributed by atoms with Gasteiger partial charge in [0.05, 0.1) is 11.1 Å². The number of benzene rings is 4. The van der Waals surface area contributed by atoms with Crippen molar-refractivity contribution in [3.8, 4) is 57.7 Å². The van der Waals surface area contributed by atoms with E-state index in [0.29, 0.717) is 56.7 Å². The van der Waals surface area contributed by atoms with Crippen LogP contribution in [0, 0.1) is 22.7 Å². The summed E-state index contributed by atoms with van der Waals surface area (Å²) in [6, 6.07) is 31.2. The first-order valence-corrected chi connectivity index (χ1v) is 13.8. The van der Waals surface area contributed by atoms with Crippen LogP contribution in [-0.2, 0) is 0 Å². The van der Waals surface area contributed by atoms with Crippen LogP contribution >= 0.6 is 0 Å². The first kappa shape index (κ1) is 23.9. The van der Waals surface area contributed by atoms with Crippen LogP contribution in [0.5, 0.6) is 0 Å². The van der Waals surface area contributed by atoms with E-state index >= 15 is 0 Å². The lowest BCUT2D eigenvalue weighted by molar-refractivity contribution is 1.19. The lowest BCUT2D eigenvalue weighted by Gasteiger charge is -1.98. The summed E-state index contributed by atoms with van der Waals surface area (Å²) < 4.78 is 0. The van der Waals surface area contributed by atoms with Gasteiger partial charge in [0.25, 0.3) is 0 Å². The van der Waals surface area contributed by atoms with Crippen molar-refractivity contribution in [3.05, 3.63) is 96.1 Å². The van der Waals surface area contributed by atoms with Crippen LogP contribution in [0.2, 0.25) is 0 Å². The second-order valence-electron chi connectivity index (χ2n) is 10.4. The van der Waals surface area contributed by atoms with Crippen LogP contribution in [0.1, 0.15) is 11.1 Å². The molecule has 9 rings (SSSR count). The second kappa shape index (κ2) is 8.86. The van der Waals surface area contributed by atoms with E-state index < -0.39 is 0 Å². The van der Waals surface area contributed by atoms with Crippen molar-refractivity contribution in [2.75, 3.05) is 0 Å². The minimum Gasteiger partial charge on any atom is -0.324 e. The average Bonchev–Trinajstić information content (AvgIpc) is 3.80. The Morgan fingerprint density at radius 1 is 0.432 bits per heavy atom. The van der Waals surface area contributed by atoms with Gasteiger partial charge >= 0.3 is 0 Å². The summed E-state index contributed by atoms with van der Waals surface area (Å²) in [5, 5.41) is 22.9. The molecular weight excluding hydrogens is 548 g/mol. The summed E-state index contributed by atoms with van der Waals surface area (Å²) in [4.78, 5) is 36.3. The van der Waals surface area contributed by atoms with Crippen LogP contribution in [0.4, 0.5) is 0 Å². The number of rotatable bonds is 0. The number of fused-ring (bicyclic) bond motifs is 20. The van der Waals surface area contributed by atoms with Crippen molar-refractivity contribution in [2.24, 2.45) is 0 Å². The molecule has 0 radical (unpaired) electrons. The zero-order valence-electron chi connectivity index (χ0n) is 22.7. The van der Waals surface area contributed by atoms with Crippen LogP contribution in [0.3, 0.4) is 0 Å². The standard InChI is InChI=1S/C34H16N10/c35-15-17-13-14-24-26(25(17)16-36)34-43-32-23-12-6-5-11-22(23)30(41-32)39-28-19-8-2-1-7-18(19)27(37-28)38-29-20-9-3-4-10-21(20)31(40-29)42-33(24)44-34/h1-14H,(H2,37,38,39,40,41,42,43,44). The Hall–Kier alpha value is -6.78. The van der Waals surface area contributed by atoms with Crippen LogP contribution in [0.15, 0.2) is 84.9 Å². The Labute approximate surface area is 248 Å². The van der Waals surface area contributed by atoms with Gasteiger partial charge in [0.15, 0.2) is 23.3 Å². The van der Waals surface area contributed by atoms with E-state index in [-0.39, 0.29) is 11.1 Å². The van der Waals surface area contributed by atoms with Crippen molar-refractivity contribution < 1.29 is 0 Å². The fourth-order valence-electron chi connectivity index (χ4n) is 5.94. The van der Waals surface area contributed by atoms with Crippen molar-refractivity contribution in [2.45, 2.75) is 0 Å². The molecule has 0 spiro atoms. The lowest BCUT2D eigenvalue weighted by Crippen LogP contribution is -1.86. The minimum absolute atomic E-state index is 0.209. The number of H-pyrrole nitrogens is 2. The number of hydrogen-bond donors (Lipinski definition) is 2. The van der Waals surface area contributed by atoms with E-state index in [1.54, 1.807) is 12.1 Å². The van der Waals surface area contributed by atoms with E-state index in [0.717, 1.165) is 33.0 Å². The van der Waals surface area contributed by atoms with Crippen LogP contribution in [0.25, 0.3) is 89.7 Å². The predicted molar refractivity (Wildman–Crippen MR) is 165 cm³/mol. The highest BCUT2D eigenvalue weighted by molar-refractivity contribution is 6.09. The van der Waals surface area contributed by atoms with Gasteiger partial charge in [0, 0.05) is 43.8 Å². The molecule has 10 heteroatoms. The van der Waals surface area contributed by atoms with Gasteiger partial charge in [0.2, 0.25) is 0 Å². The Bertz CT molecular complexity index is 2650. The number of nitriles is 2. The van der Waals surface area contributed by atoms with E-state index in [2.05, 4.69) is 22.1 Å². The van der Waals surface area contributed by atoms with Crippen LogP contribution < -0.4 is 0 Å². The number of nitrogens with zero attached hydrogens (tertiary/aromatic N) is 8. The fourth-order valence-corrected chi connectivity index (χ4v) is 5.94. The van der Waals surface area contributed by atoms with Gasteiger partial charge in [-0.05, 0) is 12.1 Å². The molecule has 5 heterocycles. The number of aromatic nitrogens is 8. The molecule has 0 aliphatic carbocycles. The number of aromatic amines is 2. The van der Waals surface area contributed by atoms with Crippen LogP contribution in [-0.4, -0.2) is 39.9 Å². The van der Waals surface area contributed by atoms with E-state index in [4.69, 9.17) is 29.9 Å². The smallest absolute Gasteiger partial charge is 0.164 e. The van der Waals surface area contributed by atoms with Gasteiger partial charge in [-0.1, -0.05) is 72.8 Å². The molecule has 0 amide bonds. The summed E-state index contributed by atoms with van der Waals surface area (Å²) in [5.41, 5.74) is 5.78. The molecule has 10 nitrogen and oxygen atoms in total. The molecule has 0 fully saturated rings. The highest BCUT2D eigenvalue weighted by atomic mass is 15.1. The van der Waals surface area contributed by atoms with Gasteiger partial charge in [-0.25, -0.2) is 29.9 Å². The molecule has 0 saturated heterocycles. The van der Waals surface area contributed by atoms with Gasteiger partial charge in [-0.2, -0.15) is 10.5 Å².